The van der Waals surface area contributed by atoms with Gasteiger partial charge in [0.25, 0.3) is 0 Å². The summed E-state index contributed by atoms with van der Waals surface area (Å²) < 4.78 is 23.4. The Morgan fingerprint density at radius 2 is 2.25 bits per heavy atom. The molecular formula is C15H20FNO3. The number of methoxy groups -OCH3 is 1. The molecule has 0 spiro atoms. The fourth-order valence-corrected chi connectivity index (χ4v) is 1.82. The third-order valence-corrected chi connectivity index (χ3v) is 2.67. The number of ether oxygens (including phenoxy) is 2. The van der Waals surface area contributed by atoms with Crippen LogP contribution in [-0.2, 0) is 16.1 Å². The van der Waals surface area contributed by atoms with E-state index in [0.29, 0.717) is 19.7 Å². The van der Waals surface area contributed by atoms with E-state index >= 15 is 0 Å². The van der Waals surface area contributed by atoms with Crippen LogP contribution in [0.15, 0.2) is 30.9 Å². The molecule has 0 atom stereocenters. The SMILES string of the molecule is C=CCN(CC(=O)OCC)Cc1ccc(OC)c(F)c1. The lowest BCUT2D eigenvalue weighted by Gasteiger charge is -2.19. The van der Waals surface area contributed by atoms with Crippen LogP contribution in [0.4, 0.5) is 4.39 Å². The first-order valence-corrected chi connectivity index (χ1v) is 6.42. The summed E-state index contributed by atoms with van der Waals surface area (Å²) in [5.74, 6) is -0.516. The van der Waals surface area contributed by atoms with Gasteiger partial charge in [-0.2, -0.15) is 0 Å². The van der Waals surface area contributed by atoms with Gasteiger partial charge in [0, 0.05) is 13.1 Å². The molecule has 0 aliphatic rings. The van der Waals surface area contributed by atoms with E-state index < -0.39 is 5.82 Å². The van der Waals surface area contributed by atoms with Crippen molar-refractivity contribution in [3.05, 3.63) is 42.2 Å². The first kappa shape index (κ1) is 16.2. The summed E-state index contributed by atoms with van der Waals surface area (Å²) in [7, 11) is 1.42. The molecule has 0 saturated heterocycles. The molecule has 110 valence electrons. The van der Waals surface area contributed by atoms with Gasteiger partial charge < -0.3 is 9.47 Å². The number of carbonyl (C=O) groups excluding carboxylic acids is 1. The van der Waals surface area contributed by atoms with Crippen LogP contribution in [-0.4, -0.2) is 37.7 Å². The molecule has 0 N–H and O–H groups in total. The Labute approximate surface area is 118 Å². The third-order valence-electron chi connectivity index (χ3n) is 2.67. The van der Waals surface area contributed by atoms with Crippen LogP contribution in [0.5, 0.6) is 5.75 Å². The Morgan fingerprint density at radius 1 is 1.50 bits per heavy atom. The van der Waals surface area contributed by atoms with Gasteiger partial charge in [-0.1, -0.05) is 12.1 Å². The van der Waals surface area contributed by atoms with Gasteiger partial charge in [-0.15, -0.1) is 6.58 Å². The van der Waals surface area contributed by atoms with Gasteiger partial charge in [-0.25, -0.2) is 4.39 Å². The second kappa shape index (κ2) is 8.32. The summed E-state index contributed by atoms with van der Waals surface area (Å²) in [5, 5.41) is 0. The summed E-state index contributed by atoms with van der Waals surface area (Å²) >= 11 is 0. The van der Waals surface area contributed by atoms with Crippen LogP contribution in [0.3, 0.4) is 0 Å². The number of halogens is 1. The van der Waals surface area contributed by atoms with Crippen LogP contribution in [0.25, 0.3) is 0 Å². The largest absolute Gasteiger partial charge is 0.494 e. The van der Waals surface area contributed by atoms with E-state index in [4.69, 9.17) is 9.47 Å². The normalized spacial score (nSPS) is 10.4. The van der Waals surface area contributed by atoms with Gasteiger partial charge in [-0.05, 0) is 24.6 Å². The van der Waals surface area contributed by atoms with Crippen molar-refractivity contribution in [2.75, 3.05) is 26.8 Å². The van der Waals surface area contributed by atoms with Gasteiger partial charge in [0.05, 0.1) is 20.3 Å². The fourth-order valence-electron chi connectivity index (χ4n) is 1.82. The Kier molecular flexibility index (Phi) is 6.73. The van der Waals surface area contributed by atoms with Gasteiger partial charge in [0.15, 0.2) is 11.6 Å². The third kappa shape index (κ3) is 5.01. The molecule has 0 unspecified atom stereocenters. The van der Waals surface area contributed by atoms with Crippen molar-refractivity contribution >= 4 is 5.97 Å². The topological polar surface area (TPSA) is 38.8 Å². The Hall–Kier alpha value is -1.88. The monoisotopic (exact) mass is 281 g/mol. The highest BCUT2D eigenvalue weighted by Crippen LogP contribution is 2.18. The maximum Gasteiger partial charge on any atom is 0.320 e. The average molecular weight is 281 g/mol. The molecule has 0 fully saturated rings. The van der Waals surface area contributed by atoms with Crippen LogP contribution in [0, 0.1) is 5.82 Å². The molecule has 5 heteroatoms. The van der Waals surface area contributed by atoms with E-state index in [1.807, 2.05) is 4.90 Å². The molecule has 0 aromatic heterocycles. The highest BCUT2D eigenvalue weighted by Gasteiger charge is 2.12. The molecule has 1 aromatic carbocycles. The highest BCUT2D eigenvalue weighted by atomic mass is 19.1. The van der Waals surface area contributed by atoms with E-state index in [9.17, 15) is 9.18 Å². The summed E-state index contributed by atoms with van der Waals surface area (Å²) in [6.45, 7) is 6.86. The minimum Gasteiger partial charge on any atom is -0.494 e. The molecule has 0 saturated carbocycles. The number of hydrogen-bond donors (Lipinski definition) is 0. The van der Waals surface area contributed by atoms with Crippen molar-refractivity contribution < 1.29 is 18.7 Å². The molecule has 0 radical (unpaired) electrons. The smallest absolute Gasteiger partial charge is 0.320 e. The number of rotatable bonds is 8. The molecule has 0 aliphatic heterocycles. The van der Waals surface area contributed by atoms with Crippen molar-refractivity contribution in [3.63, 3.8) is 0 Å². The number of benzene rings is 1. The zero-order chi connectivity index (χ0) is 15.0. The van der Waals surface area contributed by atoms with Crippen LogP contribution in [0.1, 0.15) is 12.5 Å². The Bertz CT molecular complexity index is 462. The number of carbonyl (C=O) groups is 1. The van der Waals surface area contributed by atoms with Crippen LogP contribution in [0.2, 0.25) is 0 Å². The summed E-state index contributed by atoms with van der Waals surface area (Å²) in [6.07, 6.45) is 1.69. The molecule has 20 heavy (non-hydrogen) atoms. The molecule has 0 amide bonds. The molecule has 0 bridgehead atoms. The molecular weight excluding hydrogens is 261 g/mol. The van der Waals surface area contributed by atoms with Crippen molar-refractivity contribution in [2.24, 2.45) is 0 Å². The Morgan fingerprint density at radius 3 is 2.80 bits per heavy atom. The first-order chi connectivity index (χ1) is 9.60. The zero-order valence-corrected chi connectivity index (χ0v) is 11.9. The van der Waals surface area contributed by atoms with Gasteiger partial charge in [0.1, 0.15) is 0 Å². The summed E-state index contributed by atoms with van der Waals surface area (Å²) in [4.78, 5) is 13.3. The predicted molar refractivity (Wildman–Crippen MR) is 75.1 cm³/mol. The Balaban J connectivity index is 2.71. The van der Waals surface area contributed by atoms with Gasteiger partial charge in [0.2, 0.25) is 0 Å². The van der Waals surface area contributed by atoms with Crippen molar-refractivity contribution in [2.45, 2.75) is 13.5 Å². The molecule has 4 nitrogen and oxygen atoms in total. The van der Waals surface area contributed by atoms with Crippen molar-refractivity contribution in [1.82, 2.24) is 4.90 Å². The summed E-state index contributed by atoms with van der Waals surface area (Å²) in [6, 6.07) is 4.74. The van der Waals surface area contributed by atoms with Crippen LogP contribution < -0.4 is 4.74 Å². The van der Waals surface area contributed by atoms with E-state index in [1.165, 1.54) is 13.2 Å². The maximum atomic E-state index is 13.6. The predicted octanol–water partition coefficient (Wildman–Crippen LogP) is 2.39. The van der Waals surface area contributed by atoms with Crippen molar-refractivity contribution in [1.29, 1.82) is 0 Å². The van der Waals surface area contributed by atoms with Gasteiger partial charge >= 0.3 is 5.97 Å². The minimum atomic E-state index is -0.417. The lowest BCUT2D eigenvalue weighted by Crippen LogP contribution is -2.30. The highest BCUT2D eigenvalue weighted by molar-refractivity contribution is 5.71. The maximum absolute atomic E-state index is 13.6. The van der Waals surface area contributed by atoms with Crippen molar-refractivity contribution in [3.8, 4) is 5.75 Å². The lowest BCUT2D eigenvalue weighted by atomic mass is 10.2. The van der Waals surface area contributed by atoms with E-state index in [0.717, 1.165) is 5.56 Å². The standard InChI is InChI=1S/C15H20FNO3/c1-4-8-17(11-15(18)20-5-2)10-12-6-7-14(19-3)13(16)9-12/h4,6-7,9H,1,5,8,10-11H2,2-3H3. The fraction of sp³-hybridized carbons (Fsp3) is 0.400. The molecule has 0 heterocycles. The first-order valence-electron chi connectivity index (χ1n) is 6.42. The number of nitrogens with zero attached hydrogens (tertiary/aromatic N) is 1. The van der Waals surface area contributed by atoms with Crippen LogP contribution >= 0.6 is 0 Å². The lowest BCUT2D eigenvalue weighted by molar-refractivity contribution is -0.144. The second-order valence-corrected chi connectivity index (χ2v) is 4.23. The zero-order valence-electron chi connectivity index (χ0n) is 11.9. The molecule has 1 rings (SSSR count). The van der Waals surface area contributed by atoms with Gasteiger partial charge in [-0.3, -0.25) is 9.69 Å². The van der Waals surface area contributed by atoms with E-state index in [1.54, 1.807) is 25.1 Å². The number of esters is 1. The molecule has 1 aromatic rings. The quantitative estimate of drug-likeness (QED) is 0.542. The second-order valence-electron chi connectivity index (χ2n) is 4.23. The van der Waals surface area contributed by atoms with E-state index in [-0.39, 0.29) is 18.3 Å². The summed E-state index contributed by atoms with van der Waals surface area (Å²) in [5.41, 5.74) is 0.759. The van der Waals surface area contributed by atoms with E-state index in [2.05, 4.69) is 6.58 Å². The number of hydrogen-bond acceptors (Lipinski definition) is 4. The minimum absolute atomic E-state index is 0.146. The average Bonchev–Trinajstić information content (AvgIpc) is 2.39. The molecule has 0 aliphatic carbocycles.